The van der Waals surface area contributed by atoms with Crippen molar-refractivity contribution < 1.29 is 14.3 Å². The fraction of sp³-hybridized carbons (Fsp3) is 0. The van der Waals surface area contributed by atoms with E-state index in [0.29, 0.717) is 0 Å². The van der Waals surface area contributed by atoms with Gasteiger partial charge in [0.1, 0.15) is 0 Å². The SMILES string of the molecule is [CH2+]C(=O)OC(=O)C=Cc1ccccc1. The molecule has 0 aliphatic heterocycles. The van der Waals surface area contributed by atoms with Gasteiger partial charge in [-0.05, 0) is 11.6 Å². The van der Waals surface area contributed by atoms with E-state index in [1.807, 2.05) is 30.3 Å². The van der Waals surface area contributed by atoms with E-state index >= 15 is 0 Å². The van der Waals surface area contributed by atoms with Crippen LogP contribution in [0, 0.1) is 6.92 Å². The summed E-state index contributed by atoms with van der Waals surface area (Å²) in [7, 11) is 0. The van der Waals surface area contributed by atoms with E-state index in [1.165, 1.54) is 6.08 Å². The minimum Gasteiger partial charge on any atom is -0.352 e. The molecule has 0 radical (unpaired) electrons. The van der Waals surface area contributed by atoms with Crippen molar-refractivity contribution in [1.82, 2.24) is 0 Å². The van der Waals surface area contributed by atoms with Crippen molar-refractivity contribution >= 4 is 18.0 Å². The second-order valence-electron chi connectivity index (χ2n) is 2.54. The highest BCUT2D eigenvalue weighted by atomic mass is 16.6. The number of ether oxygens (including phenoxy) is 1. The Labute approximate surface area is 82.0 Å². The molecule has 0 fully saturated rings. The lowest BCUT2D eigenvalue weighted by atomic mass is 10.2. The Bertz CT molecular complexity index is 352. The summed E-state index contributed by atoms with van der Waals surface area (Å²) in [6.45, 7) is 2.92. The molecule has 1 rings (SSSR count). The van der Waals surface area contributed by atoms with Gasteiger partial charge in [0, 0.05) is 6.08 Å². The van der Waals surface area contributed by atoms with Gasteiger partial charge < -0.3 is 4.74 Å². The zero-order valence-electron chi connectivity index (χ0n) is 7.47. The number of esters is 2. The molecule has 0 bridgehead atoms. The summed E-state index contributed by atoms with van der Waals surface area (Å²) in [6.07, 6.45) is 2.74. The van der Waals surface area contributed by atoms with E-state index in [0.717, 1.165) is 5.56 Å². The van der Waals surface area contributed by atoms with E-state index in [1.54, 1.807) is 6.08 Å². The van der Waals surface area contributed by atoms with Crippen LogP contribution in [0.4, 0.5) is 0 Å². The van der Waals surface area contributed by atoms with Gasteiger partial charge in [-0.15, -0.1) is 0 Å². The number of carbonyl (C=O) groups is 2. The van der Waals surface area contributed by atoms with Crippen LogP contribution in [0.1, 0.15) is 5.56 Å². The first kappa shape index (κ1) is 10.1. The topological polar surface area (TPSA) is 43.4 Å². The summed E-state index contributed by atoms with van der Waals surface area (Å²) >= 11 is 0. The van der Waals surface area contributed by atoms with Gasteiger partial charge in [0.2, 0.25) is 0 Å². The van der Waals surface area contributed by atoms with E-state index in [-0.39, 0.29) is 0 Å². The number of carbonyl (C=O) groups excluding carboxylic acids is 2. The van der Waals surface area contributed by atoms with Crippen LogP contribution in [-0.2, 0) is 14.3 Å². The molecule has 0 N–H and O–H groups in total. The van der Waals surface area contributed by atoms with Crippen molar-refractivity contribution in [2.24, 2.45) is 0 Å². The fourth-order valence-electron chi connectivity index (χ4n) is 0.875. The quantitative estimate of drug-likeness (QED) is 0.307. The third-order valence-electron chi connectivity index (χ3n) is 1.43. The lowest BCUT2D eigenvalue weighted by Gasteiger charge is -1.90. The Hall–Kier alpha value is -2.03. The highest BCUT2D eigenvalue weighted by Crippen LogP contribution is 2.00. The molecule has 0 heterocycles. The van der Waals surface area contributed by atoms with Gasteiger partial charge in [0.15, 0.2) is 6.92 Å². The van der Waals surface area contributed by atoms with Gasteiger partial charge in [-0.25, -0.2) is 4.79 Å². The van der Waals surface area contributed by atoms with Gasteiger partial charge in [0.05, 0.1) is 0 Å². The smallest absolute Gasteiger partial charge is 0.352 e. The lowest BCUT2D eigenvalue weighted by molar-refractivity contribution is -0.152. The second-order valence-corrected chi connectivity index (χ2v) is 2.54. The van der Waals surface area contributed by atoms with Crippen LogP contribution in [0.3, 0.4) is 0 Å². The van der Waals surface area contributed by atoms with Crippen LogP contribution < -0.4 is 0 Å². The molecule has 0 unspecified atom stereocenters. The van der Waals surface area contributed by atoms with Crippen LogP contribution in [0.2, 0.25) is 0 Å². The molecule has 0 amide bonds. The molecule has 0 saturated heterocycles. The van der Waals surface area contributed by atoms with E-state index in [9.17, 15) is 9.59 Å². The van der Waals surface area contributed by atoms with Crippen molar-refractivity contribution in [2.45, 2.75) is 0 Å². The van der Waals surface area contributed by atoms with E-state index < -0.39 is 11.9 Å². The third-order valence-corrected chi connectivity index (χ3v) is 1.43. The zero-order valence-corrected chi connectivity index (χ0v) is 7.47. The Morgan fingerprint density at radius 3 is 2.43 bits per heavy atom. The first-order chi connectivity index (χ1) is 6.68. The Morgan fingerprint density at radius 2 is 1.86 bits per heavy atom. The molecular weight excluding hydrogens is 180 g/mol. The van der Waals surface area contributed by atoms with Crippen molar-refractivity contribution in [3.05, 3.63) is 48.9 Å². The number of benzene rings is 1. The average molecular weight is 189 g/mol. The molecule has 0 spiro atoms. The summed E-state index contributed by atoms with van der Waals surface area (Å²) in [5, 5.41) is 0. The highest BCUT2D eigenvalue weighted by molar-refractivity contribution is 5.95. The van der Waals surface area contributed by atoms with Gasteiger partial charge in [-0.3, -0.25) is 0 Å². The summed E-state index contributed by atoms with van der Waals surface area (Å²) < 4.78 is 4.20. The number of hydrogen-bond donors (Lipinski definition) is 0. The maximum atomic E-state index is 10.9. The molecule has 0 aliphatic carbocycles. The molecule has 3 heteroatoms. The summed E-state index contributed by atoms with van der Waals surface area (Å²) in [5.41, 5.74) is 0.862. The van der Waals surface area contributed by atoms with Crippen molar-refractivity contribution in [3.8, 4) is 0 Å². The maximum Gasteiger partial charge on any atom is 0.501 e. The van der Waals surface area contributed by atoms with Crippen LogP contribution >= 0.6 is 0 Å². The first-order valence-corrected chi connectivity index (χ1v) is 3.99. The van der Waals surface area contributed by atoms with Gasteiger partial charge in [0.25, 0.3) is 0 Å². The Kier molecular flexibility index (Phi) is 3.49. The predicted molar refractivity (Wildman–Crippen MR) is 51.9 cm³/mol. The van der Waals surface area contributed by atoms with Gasteiger partial charge in [-0.2, -0.15) is 4.79 Å². The molecule has 70 valence electrons. The molecule has 0 atom stereocenters. The first-order valence-electron chi connectivity index (χ1n) is 3.99. The molecule has 3 nitrogen and oxygen atoms in total. The lowest BCUT2D eigenvalue weighted by Crippen LogP contribution is -2.05. The van der Waals surface area contributed by atoms with Crippen LogP contribution in [0.5, 0.6) is 0 Å². The van der Waals surface area contributed by atoms with Crippen LogP contribution in [-0.4, -0.2) is 11.9 Å². The highest BCUT2D eigenvalue weighted by Gasteiger charge is 2.05. The second kappa shape index (κ2) is 4.87. The normalized spacial score (nSPS) is 10.0. The summed E-state index contributed by atoms with van der Waals surface area (Å²) in [6, 6.07) is 9.22. The monoisotopic (exact) mass is 189 g/mol. The average Bonchev–Trinajstić information content (AvgIpc) is 2.15. The largest absolute Gasteiger partial charge is 0.501 e. The molecule has 1 aromatic carbocycles. The van der Waals surface area contributed by atoms with Gasteiger partial charge >= 0.3 is 11.9 Å². The Balaban J connectivity index is 2.56. The van der Waals surface area contributed by atoms with Crippen molar-refractivity contribution in [1.29, 1.82) is 0 Å². The molecule has 0 aliphatic rings. The van der Waals surface area contributed by atoms with Crippen molar-refractivity contribution in [2.75, 3.05) is 0 Å². The minimum atomic E-state index is -0.854. The molecule has 14 heavy (non-hydrogen) atoms. The maximum absolute atomic E-state index is 10.9. The summed E-state index contributed by atoms with van der Waals surface area (Å²) in [4.78, 5) is 21.1. The standard InChI is InChI=1S/C11H9O3/c1-9(12)14-11(13)8-7-10-5-3-2-4-6-10/h2-8H,1H2/q+1. The fourth-order valence-corrected chi connectivity index (χ4v) is 0.875. The zero-order chi connectivity index (χ0) is 10.4. The predicted octanol–water partition coefficient (Wildman–Crippen LogP) is 1.60. The van der Waals surface area contributed by atoms with Gasteiger partial charge in [-0.1, -0.05) is 30.3 Å². The molecule has 0 saturated carbocycles. The van der Waals surface area contributed by atoms with Crippen LogP contribution in [0.15, 0.2) is 36.4 Å². The number of hydrogen-bond acceptors (Lipinski definition) is 3. The van der Waals surface area contributed by atoms with Crippen molar-refractivity contribution in [3.63, 3.8) is 0 Å². The molecule has 1 aromatic rings. The van der Waals surface area contributed by atoms with E-state index in [2.05, 4.69) is 11.7 Å². The minimum absolute atomic E-state index is 0.714. The van der Waals surface area contributed by atoms with E-state index in [4.69, 9.17) is 0 Å². The molecular formula is C11H9O3+. The third kappa shape index (κ3) is 3.58. The van der Waals surface area contributed by atoms with Crippen LogP contribution in [0.25, 0.3) is 6.08 Å². The number of rotatable bonds is 2. The molecule has 0 aromatic heterocycles. The Morgan fingerprint density at radius 1 is 1.21 bits per heavy atom. The summed E-state index contributed by atoms with van der Waals surface area (Å²) in [5.74, 6) is -1.57.